The smallest absolute Gasteiger partial charge is 0.325 e. The number of rotatable bonds is 5. The zero-order valence-corrected chi connectivity index (χ0v) is 11.9. The number of nitrogens with one attached hydrogen (secondary N) is 1. The van der Waals surface area contributed by atoms with Crippen molar-refractivity contribution in [2.24, 2.45) is 0 Å². The zero-order valence-electron chi connectivity index (χ0n) is 11.9. The largest absolute Gasteiger partial charge is 0.496 e. The average Bonchev–Trinajstić information content (AvgIpc) is 2.43. The Labute approximate surface area is 118 Å². The van der Waals surface area contributed by atoms with Crippen LogP contribution in [0.5, 0.6) is 5.75 Å². The molecule has 0 saturated carbocycles. The first-order valence-electron chi connectivity index (χ1n) is 6.59. The monoisotopic (exact) mass is 273 g/mol. The lowest BCUT2D eigenvalue weighted by molar-refractivity contribution is -0.139. The van der Waals surface area contributed by atoms with Gasteiger partial charge in [-0.1, -0.05) is 30.3 Å². The van der Waals surface area contributed by atoms with Gasteiger partial charge in [0.1, 0.15) is 11.8 Å². The Hall–Kier alpha value is -2.07. The molecule has 1 unspecified atom stereocenters. The highest BCUT2D eigenvalue weighted by Gasteiger charge is 2.26. The fourth-order valence-corrected chi connectivity index (χ4v) is 2.36. The number of fused-ring (bicyclic) bond motifs is 1. The second kappa shape index (κ2) is 5.92. The summed E-state index contributed by atoms with van der Waals surface area (Å²) in [5.41, 5.74) is 0.673. The molecule has 4 nitrogen and oxygen atoms in total. The molecule has 20 heavy (non-hydrogen) atoms. The number of carboxylic acid groups (broad SMARTS) is 1. The Kier molecular flexibility index (Phi) is 4.25. The minimum atomic E-state index is -0.909. The number of hydrogen-bond donors (Lipinski definition) is 2. The first-order chi connectivity index (χ1) is 9.54. The molecule has 2 rings (SSSR count). The van der Waals surface area contributed by atoms with E-state index in [-0.39, 0.29) is 6.04 Å². The van der Waals surface area contributed by atoms with E-state index >= 15 is 0 Å². The fraction of sp³-hybridized carbons (Fsp3) is 0.312. The molecular formula is C16H19NO3. The lowest BCUT2D eigenvalue weighted by atomic mass is 9.97. The van der Waals surface area contributed by atoms with E-state index in [0.717, 1.165) is 10.8 Å². The highest BCUT2D eigenvalue weighted by molar-refractivity contribution is 5.92. The second-order valence-corrected chi connectivity index (χ2v) is 5.00. The molecule has 0 radical (unpaired) electrons. The highest BCUT2D eigenvalue weighted by atomic mass is 16.5. The van der Waals surface area contributed by atoms with Gasteiger partial charge in [-0.05, 0) is 30.7 Å². The van der Waals surface area contributed by atoms with Crippen LogP contribution in [0.3, 0.4) is 0 Å². The zero-order chi connectivity index (χ0) is 14.7. The number of ether oxygens (including phenoxy) is 1. The number of methoxy groups -OCH3 is 1. The van der Waals surface area contributed by atoms with Crippen molar-refractivity contribution in [3.63, 3.8) is 0 Å². The molecule has 0 aliphatic heterocycles. The van der Waals surface area contributed by atoms with Gasteiger partial charge in [-0.15, -0.1) is 0 Å². The minimum Gasteiger partial charge on any atom is -0.496 e. The van der Waals surface area contributed by atoms with Crippen LogP contribution < -0.4 is 10.1 Å². The summed E-state index contributed by atoms with van der Waals surface area (Å²) in [6.45, 7) is 3.85. The SMILES string of the molecule is COc1ccc2ccccc2c1C(NC(C)C)C(=O)O. The summed E-state index contributed by atoms with van der Waals surface area (Å²) in [5, 5.41) is 14.5. The molecule has 2 aromatic carbocycles. The Bertz CT molecular complexity index is 622. The van der Waals surface area contributed by atoms with Crippen LogP contribution in [0.2, 0.25) is 0 Å². The van der Waals surface area contributed by atoms with E-state index in [2.05, 4.69) is 5.32 Å². The van der Waals surface area contributed by atoms with Crippen LogP contribution in [0, 0.1) is 0 Å². The van der Waals surface area contributed by atoms with Crippen molar-refractivity contribution in [1.29, 1.82) is 0 Å². The van der Waals surface area contributed by atoms with Crippen molar-refractivity contribution >= 4 is 16.7 Å². The van der Waals surface area contributed by atoms with E-state index < -0.39 is 12.0 Å². The Morgan fingerprint density at radius 2 is 1.90 bits per heavy atom. The molecule has 0 bridgehead atoms. The van der Waals surface area contributed by atoms with E-state index in [9.17, 15) is 9.90 Å². The fourth-order valence-electron chi connectivity index (χ4n) is 2.36. The third-order valence-corrected chi connectivity index (χ3v) is 3.19. The standard InChI is InChI=1S/C16H19NO3/c1-10(2)17-15(16(18)19)14-12-7-5-4-6-11(12)8-9-13(14)20-3/h4-10,15,17H,1-3H3,(H,18,19). The van der Waals surface area contributed by atoms with Gasteiger partial charge < -0.3 is 9.84 Å². The summed E-state index contributed by atoms with van der Waals surface area (Å²) in [6, 6.07) is 10.7. The van der Waals surface area contributed by atoms with Crippen molar-refractivity contribution in [3.8, 4) is 5.75 Å². The van der Waals surface area contributed by atoms with Gasteiger partial charge in [-0.3, -0.25) is 10.1 Å². The topological polar surface area (TPSA) is 58.6 Å². The normalized spacial score (nSPS) is 12.6. The summed E-state index contributed by atoms with van der Waals surface area (Å²) in [6.07, 6.45) is 0. The van der Waals surface area contributed by atoms with E-state index in [4.69, 9.17) is 4.74 Å². The lowest BCUT2D eigenvalue weighted by Gasteiger charge is -2.21. The van der Waals surface area contributed by atoms with E-state index in [0.29, 0.717) is 11.3 Å². The second-order valence-electron chi connectivity index (χ2n) is 5.00. The summed E-state index contributed by atoms with van der Waals surface area (Å²) in [7, 11) is 1.56. The van der Waals surface area contributed by atoms with Gasteiger partial charge in [0.05, 0.1) is 7.11 Å². The number of aliphatic carboxylic acids is 1. The maximum Gasteiger partial charge on any atom is 0.325 e. The van der Waals surface area contributed by atoms with Gasteiger partial charge >= 0.3 is 5.97 Å². The molecule has 0 spiro atoms. The molecular weight excluding hydrogens is 254 g/mol. The van der Waals surface area contributed by atoms with E-state index in [1.54, 1.807) is 7.11 Å². The number of benzene rings is 2. The van der Waals surface area contributed by atoms with Crippen LogP contribution in [0.25, 0.3) is 10.8 Å². The Morgan fingerprint density at radius 1 is 1.20 bits per heavy atom. The first-order valence-corrected chi connectivity index (χ1v) is 6.59. The average molecular weight is 273 g/mol. The van der Waals surface area contributed by atoms with Crippen molar-refractivity contribution < 1.29 is 14.6 Å². The molecule has 1 atom stereocenters. The molecule has 0 heterocycles. The molecule has 2 aromatic rings. The lowest BCUT2D eigenvalue weighted by Crippen LogP contribution is -2.34. The van der Waals surface area contributed by atoms with Gasteiger partial charge in [0.15, 0.2) is 0 Å². The number of carboxylic acids is 1. The predicted octanol–water partition coefficient (Wildman–Crippen LogP) is 2.97. The number of carbonyl (C=O) groups is 1. The van der Waals surface area contributed by atoms with Gasteiger partial charge in [0.2, 0.25) is 0 Å². The summed E-state index contributed by atoms with van der Waals surface area (Å²) < 4.78 is 5.36. The molecule has 0 aromatic heterocycles. The summed E-state index contributed by atoms with van der Waals surface area (Å²) in [4.78, 5) is 11.6. The van der Waals surface area contributed by atoms with Crippen LogP contribution in [0.4, 0.5) is 0 Å². The minimum absolute atomic E-state index is 0.0553. The first kappa shape index (κ1) is 14.3. The third kappa shape index (κ3) is 2.75. The van der Waals surface area contributed by atoms with E-state index in [1.807, 2.05) is 50.2 Å². The molecule has 2 N–H and O–H groups in total. The van der Waals surface area contributed by atoms with Crippen LogP contribution >= 0.6 is 0 Å². The maximum absolute atomic E-state index is 11.6. The van der Waals surface area contributed by atoms with Gasteiger partial charge in [0, 0.05) is 11.6 Å². The summed E-state index contributed by atoms with van der Waals surface area (Å²) in [5.74, 6) is -0.322. The molecule has 0 amide bonds. The van der Waals surface area contributed by atoms with Crippen LogP contribution in [-0.2, 0) is 4.79 Å². The van der Waals surface area contributed by atoms with Crippen LogP contribution in [0.1, 0.15) is 25.5 Å². The van der Waals surface area contributed by atoms with Crippen molar-refractivity contribution in [2.45, 2.75) is 25.9 Å². The van der Waals surface area contributed by atoms with Crippen molar-refractivity contribution in [1.82, 2.24) is 5.32 Å². The van der Waals surface area contributed by atoms with Crippen LogP contribution in [-0.4, -0.2) is 24.2 Å². The molecule has 106 valence electrons. The van der Waals surface area contributed by atoms with Crippen molar-refractivity contribution in [3.05, 3.63) is 42.0 Å². The molecule has 0 aliphatic carbocycles. The number of hydrogen-bond acceptors (Lipinski definition) is 3. The van der Waals surface area contributed by atoms with E-state index in [1.165, 1.54) is 0 Å². The van der Waals surface area contributed by atoms with Crippen molar-refractivity contribution in [2.75, 3.05) is 7.11 Å². The molecule has 4 heteroatoms. The maximum atomic E-state index is 11.6. The van der Waals surface area contributed by atoms with Gasteiger partial charge in [0.25, 0.3) is 0 Å². The van der Waals surface area contributed by atoms with Gasteiger partial charge in [-0.25, -0.2) is 0 Å². The Balaban J connectivity index is 2.67. The quantitative estimate of drug-likeness (QED) is 0.879. The molecule has 0 fully saturated rings. The third-order valence-electron chi connectivity index (χ3n) is 3.19. The highest BCUT2D eigenvalue weighted by Crippen LogP contribution is 2.33. The molecule has 0 aliphatic rings. The van der Waals surface area contributed by atoms with Crippen LogP contribution in [0.15, 0.2) is 36.4 Å². The Morgan fingerprint density at radius 3 is 2.50 bits per heavy atom. The van der Waals surface area contributed by atoms with Gasteiger partial charge in [-0.2, -0.15) is 0 Å². The summed E-state index contributed by atoms with van der Waals surface area (Å²) >= 11 is 0. The predicted molar refractivity (Wildman–Crippen MR) is 79.1 cm³/mol. The molecule has 0 saturated heterocycles.